The zero-order chi connectivity index (χ0) is 15.3. The molecule has 0 spiro atoms. The Bertz CT molecular complexity index is 505. The van der Waals surface area contributed by atoms with E-state index in [-0.39, 0.29) is 10.7 Å². The number of rotatable bonds is 5. The van der Waals surface area contributed by atoms with Crippen LogP contribution in [-0.2, 0) is 9.59 Å². The Labute approximate surface area is 117 Å². The molecule has 0 bridgehead atoms. The van der Waals surface area contributed by atoms with Crippen molar-refractivity contribution in [2.75, 3.05) is 11.4 Å². The van der Waals surface area contributed by atoms with Gasteiger partial charge in [-0.25, -0.2) is 0 Å². The Morgan fingerprint density at radius 3 is 2.45 bits per heavy atom. The largest absolute Gasteiger partial charge is 0.480 e. The molecule has 0 aliphatic carbocycles. The normalized spacial score (nSPS) is 11.2. The summed E-state index contributed by atoms with van der Waals surface area (Å²) in [5.74, 6) is -2.25. The molecule has 0 radical (unpaired) electrons. The minimum atomic E-state index is -4.47. The van der Waals surface area contributed by atoms with Crippen molar-refractivity contribution in [2.45, 2.75) is 19.0 Å². The molecule has 0 saturated heterocycles. The van der Waals surface area contributed by atoms with E-state index in [1.54, 1.807) is 0 Å². The van der Waals surface area contributed by atoms with Crippen LogP contribution in [0.25, 0.3) is 0 Å². The number of aliphatic carboxylic acids is 1. The van der Waals surface area contributed by atoms with Crippen LogP contribution in [0.15, 0.2) is 24.3 Å². The molecule has 0 aliphatic rings. The average Bonchev–Trinajstić information content (AvgIpc) is 2.32. The molecule has 110 valence electrons. The first-order valence-corrected chi connectivity index (χ1v) is 5.91. The topological polar surface area (TPSA) is 57.6 Å². The Kier molecular flexibility index (Phi) is 5.38. The van der Waals surface area contributed by atoms with Gasteiger partial charge in [0.1, 0.15) is 6.54 Å². The minimum Gasteiger partial charge on any atom is -0.480 e. The van der Waals surface area contributed by atoms with Crippen molar-refractivity contribution in [2.24, 2.45) is 0 Å². The third-order valence-corrected chi connectivity index (χ3v) is 2.57. The molecular formula is C12H11ClF3NO3. The number of carbonyl (C=O) groups is 2. The lowest BCUT2D eigenvalue weighted by Crippen LogP contribution is -2.36. The second-order valence-electron chi connectivity index (χ2n) is 3.97. The van der Waals surface area contributed by atoms with Crippen LogP contribution in [0.2, 0.25) is 5.02 Å². The Morgan fingerprint density at radius 2 is 1.95 bits per heavy atom. The van der Waals surface area contributed by atoms with Gasteiger partial charge in [0.15, 0.2) is 0 Å². The quantitative estimate of drug-likeness (QED) is 0.909. The van der Waals surface area contributed by atoms with E-state index >= 15 is 0 Å². The van der Waals surface area contributed by atoms with E-state index in [1.807, 2.05) is 0 Å². The Hall–Kier alpha value is -1.76. The van der Waals surface area contributed by atoms with Crippen molar-refractivity contribution in [1.82, 2.24) is 0 Å². The maximum atomic E-state index is 12.1. The molecule has 1 N–H and O–H groups in total. The molecule has 0 saturated carbocycles. The summed E-state index contributed by atoms with van der Waals surface area (Å²) < 4.78 is 36.3. The number of halogens is 4. The SMILES string of the molecule is O=C(O)CN(C(=O)CCC(F)(F)F)c1cccc(Cl)c1. The van der Waals surface area contributed by atoms with Gasteiger partial charge in [-0.05, 0) is 18.2 Å². The third kappa shape index (κ3) is 5.48. The number of alkyl halides is 3. The van der Waals surface area contributed by atoms with E-state index in [0.29, 0.717) is 0 Å². The van der Waals surface area contributed by atoms with Crippen molar-refractivity contribution in [3.8, 4) is 0 Å². The van der Waals surface area contributed by atoms with E-state index < -0.39 is 37.4 Å². The molecule has 4 nitrogen and oxygen atoms in total. The van der Waals surface area contributed by atoms with Gasteiger partial charge in [-0.1, -0.05) is 17.7 Å². The number of carboxylic acid groups (broad SMARTS) is 1. The number of amides is 1. The zero-order valence-corrected chi connectivity index (χ0v) is 10.9. The van der Waals surface area contributed by atoms with Crippen LogP contribution in [0, 0.1) is 0 Å². The van der Waals surface area contributed by atoms with E-state index in [2.05, 4.69) is 0 Å². The zero-order valence-electron chi connectivity index (χ0n) is 10.2. The van der Waals surface area contributed by atoms with Crippen molar-refractivity contribution >= 4 is 29.2 Å². The summed E-state index contributed by atoms with van der Waals surface area (Å²) in [6, 6.07) is 5.70. The molecule has 1 aromatic carbocycles. The van der Waals surface area contributed by atoms with Gasteiger partial charge < -0.3 is 10.0 Å². The van der Waals surface area contributed by atoms with E-state index in [1.165, 1.54) is 24.3 Å². The number of carbonyl (C=O) groups excluding carboxylic acids is 1. The van der Waals surface area contributed by atoms with E-state index in [0.717, 1.165) is 4.90 Å². The summed E-state index contributed by atoms with van der Waals surface area (Å²) in [5, 5.41) is 8.99. The van der Waals surface area contributed by atoms with Crippen molar-refractivity contribution in [3.63, 3.8) is 0 Å². The van der Waals surface area contributed by atoms with Gasteiger partial charge in [-0.15, -0.1) is 0 Å². The summed E-state index contributed by atoms with van der Waals surface area (Å²) in [7, 11) is 0. The van der Waals surface area contributed by atoms with Gasteiger partial charge in [0, 0.05) is 17.1 Å². The summed E-state index contributed by atoms with van der Waals surface area (Å²) in [5.41, 5.74) is 0.145. The molecule has 0 fully saturated rings. The van der Waals surface area contributed by atoms with Crippen LogP contribution in [0.3, 0.4) is 0 Å². The fourth-order valence-corrected chi connectivity index (χ4v) is 1.67. The molecule has 0 aliphatic heterocycles. The molecule has 20 heavy (non-hydrogen) atoms. The molecule has 1 aromatic rings. The van der Waals surface area contributed by atoms with Gasteiger partial charge >= 0.3 is 12.1 Å². The van der Waals surface area contributed by atoms with Gasteiger partial charge in [0.2, 0.25) is 5.91 Å². The number of hydrogen-bond acceptors (Lipinski definition) is 2. The summed E-state index contributed by atoms with van der Waals surface area (Å²) in [6.45, 7) is -0.725. The van der Waals surface area contributed by atoms with Crippen LogP contribution < -0.4 is 4.90 Å². The standard InChI is InChI=1S/C12H11ClF3NO3/c13-8-2-1-3-9(6-8)17(7-11(19)20)10(18)4-5-12(14,15)16/h1-3,6H,4-5,7H2,(H,19,20). The Morgan fingerprint density at radius 1 is 1.30 bits per heavy atom. The third-order valence-electron chi connectivity index (χ3n) is 2.34. The monoisotopic (exact) mass is 309 g/mol. The highest BCUT2D eigenvalue weighted by atomic mass is 35.5. The Balaban J connectivity index is 2.89. The van der Waals surface area contributed by atoms with Gasteiger partial charge in [-0.2, -0.15) is 13.2 Å². The highest BCUT2D eigenvalue weighted by Gasteiger charge is 2.30. The molecule has 1 amide bonds. The maximum Gasteiger partial charge on any atom is 0.389 e. The molecule has 8 heteroatoms. The van der Waals surface area contributed by atoms with Crippen LogP contribution >= 0.6 is 11.6 Å². The van der Waals surface area contributed by atoms with E-state index in [9.17, 15) is 22.8 Å². The first-order chi connectivity index (χ1) is 9.19. The van der Waals surface area contributed by atoms with Crippen LogP contribution in [-0.4, -0.2) is 29.7 Å². The molecule has 0 aromatic heterocycles. The van der Waals surface area contributed by atoms with Crippen molar-refractivity contribution < 1.29 is 27.9 Å². The fraction of sp³-hybridized carbons (Fsp3) is 0.333. The number of nitrogens with zero attached hydrogens (tertiary/aromatic N) is 1. The summed E-state index contributed by atoms with van der Waals surface area (Å²) in [4.78, 5) is 23.2. The van der Waals surface area contributed by atoms with Gasteiger partial charge in [0.05, 0.1) is 6.42 Å². The molecule has 0 heterocycles. The number of hydrogen-bond donors (Lipinski definition) is 1. The minimum absolute atomic E-state index is 0.145. The van der Waals surface area contributed by atoms with Crippen molar-refractivity contribution in [1.29, 1.82) is 0 Å². The number of anilines is 1. The molecular weight excluding hydrogens is 299 g/mol. The average molecular weight is 310 g/mol. The predicted molar refractivity (Wildman–Crippen MR) is 66.7 cm³/mol. The van der Waals surface area contributed by atoms with Crippen LogP contribution in [0.5, 0.6) is 0 Å². The highest BCUT2D eigenvalue weighted by Crippen LogP contribution is 2.24. The van der Waals surface area contributed by atoms with Gasteiger partial charge in [0.25, 0.3) is 0 Å². The van der Waals surface area contributed by atoms with Crippen LogP contribution in [0.4, 0.5) is 18.9 Å². The first-order valence-electron chi connectivity index (χ1n) is 5.53. The summed E-state index contributed by atoms with van der Waals surface area (Å²) in [6.07, 6.45) is -6.59. The molecule has 0 unspecified atom stereocenters. The number of carboxylic acids is 1. The predicted octanol–water partition coefficient (Wildman–Crippen LogP) is 3.10. The molecule has 1 rings (SSSR count). The second-order valence-corrected chi connectivity index (χ2v) is 4.41. The van der Waals surface area contributed by atoms with E-state index in [4.69, 9.17) is 16.7 Å². The van der Waals surface area contributed by atoms with Crippen LogP contribution in [0.1, 0.15) is 12.8 Å². The maximum absolute atomic E-state index is 12.1. The van der Waals surface area contributed by atoms with Crippen molar-refractivity contribution in [3.05, 3.63) is 29.3 Å². The van der Waals surface area contributed by atoms with Gasteiger partial charge in [-0.3, -0.25) is 9.59 Å². The lowest BCUT2D eigenvalue weighted by Gasteiger charge is -2.21. The first kappa shape index (κ1) is 16.3. The molecule has 0 atom stereocenters. The fourth-order valence-electron chi connectivity index (χ4n) is 1.49. The smallest absolute Gasteiger partial charge is 0.389 e. The highest BCUT2D eigenvalue weighted by molar-refractivity contribution is 6.30. The summed E-state index contributed by atoms with van der Waals surface area (Å²) >= 11 is 5.71. The number of benzene rings is 1. The second kappa shape index (κ2) is 6.60. The lowest BCUT2D eigenvalue weighted by molar-refractivity contribution is -0.143. The lowest BCUT2D eigenvalue weighted by atomic mass is 10.2.